The number of aliphatic hydroxyl groups is 1. The summed E-state index contributed by atoms with van der Waals surface area (Å²) in [7, 11) is 0. The Hall–Kier alpha value is -3.84. The standard InChI is InChI=1S/C23H25FN10OS/c1-16(35)13-34-14-17(10-29-34)30-21-27-15-28-23(31-21)33-8-6-32(7-9-33)22-25-11-18(12-26-22)36-20-5-3-2-4-19(20)24/h2-5,10-12,14-16,35H,6-9,13H2,1H3,(H,27,28,30,31). The van der Waals surface area contributed by atoms with Crippen LogP contribution in [0.25, 0.3) is 0 Å². The molecule has 36 heavy (non-hydrogen) atoms. The van der Waals surface area contributed by atoms with Crippen molar-refractivity contribution in [2.24, 2.45) is 0 Å². The van der Waals surface area contributed by atoms with E-state index in [-0.39, 0.29) is 5.82 Å². The molecule has 186 valence electrons. The lowest BCUT2D eigenvalue weighted by molar-refractivity contribution is 0.168. The van der Waals surface area contributed by atoms with Crippen molar-refractivity contribution in [2.45, 2.75) is 29.4 Å². The van der Waals surface area contributed by atoms with E-state index in [1.54, 1.807) is 54.6 Å². The zero-order chi connectivity index (χ0) is 24.9. The van der Waals surface area contributed by atoms with Crippen LogP contribution in [-0.4, -0.2) is 72.1 Å². The van der Waals surface area contributed by atoms with Gasteiger partial charge in [0.25, 0.3) is 0 Å². The van der Waals surface area contributed by atoms with Gasteiger partial charge in [-0.1, -0.05) is 23.9 Å². The number of nitrogens with zero attached hydrogens (tertiary/aromatic N) is 9. The van der Waals surface area contributed by atoms with Crippen LogP contribution in [0.15, 0.2) is 65.2 Å². The van der Waals surface area contributed by atoms with Crippen molar-refractivity contribution in [1.82, 2.24) is 34.7 Å². The van der Waals surface area contributed by atoms with E-state index in [4.69, 9.17) is 0 Å². The molecule has 1 aliphatic heterocycles. The van der Waals surface area contributed by atoms with Crippen LogP contribution in [0.2, 0.25) is 0 Å². The van der Waals surface area contributed by atoms with Crippen molar-refractivity contribution in [3.8, 4) is 0 Å². The van der Waals surface area contributed by atoms with E-state index >= 15 is 0 Å². The predicted octanol–water partition coefficient (Wildman–Crippen LogP) is 2.60. The Morgan fingerprint density at radius 2 is 1.72 bits per heavy atom. The summed E-state index contributed by atoms with van der Waals surface area (Å²) in [5.74, 6) is 1.39. The van der Waals surface area contributed by atoms with Gasteiger partial charge in [-0.2, -0.15) is 10.1 Å². The van der Waals surface area contributed by atoms with E-state index in [9.17, 15) is 9.50 Å². The first-order valence-corrected chi connectivity index (χ1v) is 12.3. The quantitative estimate of drug-likeness (QED) is 0.365. The lowest BCUT2D eigenvalue weighted by Gasteiger charge is -2.34. The molecule has 0 amide bonds. The third kappa shape index (κ3) is 5.86. The van der Waals surface area contributed by atoms with Crippen LogP contribution in [-0.2, 0) is 6.54 Å². The maximum Gasteiger partial charge on any atom is 0.232 e. The van der Waals surface area contributed by atoms with Gasteiger partial charge >= 0.3 is 0 Å². The highest BCUT2D eigenvalue weighted by atomic mass is 32.2. The highest BCUT2D eigenvalue weighted by Crippen LogP contribution is 2.29. The average molecular weight is 509 g/mol. The summed E-state index contributed by atoms with van der Waals surface area (Å²) in [6.07, 6.45) is 7.88. The number of aromatic nitrogens is 7. The van der Waals surface area contributed by atoms with Crippen LogP contribution in [0.1, 0.15) is 6.92 Å². The van der Waals surface area contributed by atoms with Crippen molar-refractivity contribution in [2.75, 3.05) is 41.3 Å². The van der Waals surface area contributed by atoms with Gasteiger partial charge in [0.1, 0.15) is 12.1 Å². The Morgan fingerprint density at radius 1 is 1.00 bits per heavy atom. The largest absolute Gasteiger partial charge is 0.391 e. The lowest BCUT2D eigenvalue weighted by Crippen LogP contribution is -2.47. The first-order valence-electron chi connectivity index (χ1n) is 11.4. The summed E-state index contributed by atoms with van der Waals surface area (Å²) in [5, 5.41) is 16.8. The van der Waals surface area contributed by atoms with E-state index in [1.807, 2.05) is 0 Å². The van der Waals surface area contributed by atoms with Gasteiger partial charge in [-0.3, -0.25) is 4.68 Å². The topological polar surface area (TPSA) is 121 Å². The second-order valence-corrected chi connectivity index (χ2v) is 9.37. The highest BCUT2D eigenvalue weighted by Gasteiger charge is 2.21. The van der Waals surface area contributed by atoms with Gasteiger partial charge in [-0.25, -0.2) is 24.3 Å². The maximum absolute atomic E-state index is 13.9. The minimum Gasteiger partial charge on any atom is -0.391 e. The number of hydrogen-bond acceptors (Lipinski definition) is 11. The molecule has 2 N–H and O–H groups in total. The Kier molecular flexibility index (Phi) is 7.18. The molecule has 1 aliphatic rings. The fourth-order valence-corrected chi connectivity index (χ4v) is 4.49. The van der Waals surface area contributed by atoms with E-state index in [0.29, 0.717) is 55.5 Å². The predicted molar refractivity (Wildman–Crippen MR) is 134 cm³/mol. The molecule has 3 aromatic heterocycles. The van der Waals surface area contributed by atoms with Gasteiger partial charge in [0.05, 0.1) is 24.5 Å². The van der Waals surface area contributed by atoms with Gasteiger partial charge in [0.2, 0.25) is 17.8 Å². The van der Waals surface area contributed by atoms with Crippen LogP contribution in [0, 0.1) is 5.82 Å². The van der Waals surface area contributed by atoms with Gasteiger partial charge in [-0.05, 0) is 19.1 Å². The number of benzene rings is 1. The molecule has 13 heteroatoms. The molecule has 11 nitrogen and oxygen atoms in total. The van der Waals surface area contributed by atoms with Crippen molar-refractivity contribution in [1.29, 1.82) is 0 Å². The molecule has 4 aromatic rings. The Balaban J connectivity index is 1.17. The van der Waals surface area contributed by atoms with E-state index < -0.39 is 6.10 Å². The molecule has 0 bridgehead atoms. The van der Waals surface area contributed by atoms with Gasteiger partial charge < -0.3 is 20.2 Å². The van der Waals surface area contributed by atoms with Crippen LogP contribution in [0.4, 0.5) is 27.9 Å². The average Bonchev–Trinajstić information content (AvgIpc) is 3.32. The number of anilines is 4. The van der Waals surface area contributed by atoms with Crippen molar-refractivity contribution < 1.29 is 9.50 Å². The number of nitrogens with one attached hydrogen (secondary N) is 1. The normalized spacial score (nSPS) is 14.6. The molecular weight excluding hydrogens is 483 g/mol. The van der Waals surface area contributed by atoms with E-state index in [1.165, 1.54) is 24.2 Å². The van der Waals surface area contributed by atoms with Crippen LogP contribution in [0.5, 0.6) is 0 Å². The zero-order valence-electron chi connectivity index (χ0n) is 19.6. The number of aliphatic hydroxyl groups excluding tert-OH is 1. The summed E-state index contributed by atoms with van der Waals surface area (Å²) in [4.78, 5) is 27.6. The Morgan fingerprint density at radius 3 is 2.44 bits per heavy atom. The fraction of sp³-hybridized carbons (Fsp3) is 0.304. The number of rotatable bonds is 8. The molecule has 1 saturated heterocycles. The second-order valence-electron chi connectivity index (χ2n) is 8.26. The molecule has 5 rings (SSSR count). The van der Waals surface area contributed by atoms with Crippen molar-refractivity contribution >= 4 is 35.3 Å². The van der Waals surface area contributed by atoms with Crippen molar-refractivity contribution in [3.63, 3.8) is 0 Å². The molecule has 0 saturated carbocycles. The monoisotopic (exact) mass is 508 g/mol. The molecule has 0 aliphatic carbocycles. The molecule has 1 unspecified atom stereocenters. The molecular formula is C23H25FN10OS. The smallest absolute Gasteiger partial charge is 0.232 e. The Labute approximate surface area is 211 Å². The van der Waals surface area contributed by atoms with E-state index in [2.05, 4.69) is 45.1 Å². The first-order chi connectivity index (χ1) is 17.5. The van der Waals surface area contributed by atoms with Crippen LogP contribution < -0.4 is 15.1 Å². The zero-order valence-corrected chi connectivity index (χ0v) is 20.4. The van der Waals surface area contributed by atoms with Gasteiger partial charge in [0, 0.05) is 54.6 Å². The van der Waals surface area contributed by atoms with Gasteiger partial charge in [0.15, 0.2) is 0 Å². The Bertz CT molecular complexity index is 1290. The maximum atomic E-state index is 13.9. The number of hydrogen-bond donors (Lipinski definition) is 2. The number of piperazine rings is 1. The molecule has 1 aromatic carbocycles. The molecule has 1 atom stereocenters. The van der Waals surface area contributed by atoms with Crippen LogP contribution >= 0.6 is 11.8 Å². The summed E-state index contributed by atoms with van der Waals surface area (Å²) < 4.78 is 15.5. The molecule has 1 fully saturated rings. The lowest BCUT2D eigenvalue weighted by atomic mass is 10.3. The van der Waals surface area contributed by atoms with E-state index in [0.717, 1.165) is 10.6 Å². The molecule has 0 radical (unpaired) electrons. The summed E-state index contributed by atoms with van der Waals surface area (Å²) in [6.45, 7) is 4.93. The minimum atomic E-state index is -0.485. The SMILES string of the molecule is CC(O)Cn1cc(Nc2ncnc(N3CCN(c4ncc(Sc5ccccc5F)cn4)CC3)n2)cn1. The van der Waals surface area contributed by atoms with Gasteiger partial charge in [-0.15, -0.1) is 0 Å². The third-order valence-electron chi connectivity index (χ3n) is 5.42. The summed E-state index contributed by atoms with van der Waals surface area (Å²) >= 11 is 1.30. The summed E-state index contributed by atoms with van der Waals surface area (Å²) in [6, 6.07) is 6.65. The minimum absolute atomic E-state index is 0.259. The highest BCUT2D eigenvalue weighted by molar-refractivity contribution is 7.99. The van der Waals surface area contributed by atoms with Crippen molar-refractivity contribution in [3.05, 3.63) is 61.2 Å². The summed E-state index contributed by atoms with van der Waals surface area (Å²) in [5.41, 5.74) is 0.728. The third-order valence-corrected chi connectivity index (χ3v) is 6.42. The molecule has 0 spiro atoms. The molecule has 4 heterocycles. The van der Waals surface area contributed by atoms with Crippen LogP contribution in [0.3, 0.4) is 0 Å². The second kappa shape index (κ2) is 10.8. The first kappa shape index (κ1) is 23.9. The fourth-order valence-electron chi connectivity index (χ4n) is 3.71. The number of halogens is 1.